The number of fused-ring (bicyclic) bond motifs is 1. The zero-order chi connectivity index (χ0) is 18.0. The number of amides is 1. The second-order valence-corrected chi connectivity index (χ2v) is 8.42. The first-order chi connectivity index (χ1) is 11.9. The van der Waals surface area contributed by atoms with E-state index in [2.05, 4.69) is 49.7 Å². The van der Waals surface area contributed by atoms with Gasteiger partial charge < -0.3 is 15.0 Å². The van der Waals surface area contributed by atoms with Crippen LogP contribution in [0.1, 0.15) is 42.8 Å². The highest BCUT2D eigenvalue weighted by molar-refractivity contribution is 7.10. The lowest BCUT2D eigenvalue weighted by molar-refractivity contribution is -0.132. The van der Waals surface area contributed by atoms with Gasteiger partial charge in [0.1, 0.15) is 5.75 Å². The molecule has 0 spiro atoms. The Labute approximate surface area is 153 Å². The SMILES string of the molecule is COc1ccc(C2c3ccsc3CCN2C(=O)CNC(C)(C)C)cc1. The van der Waals surface area contributed by atoms with Crippen molar-refractivity contribution in [2.45, 2.75) is 38.8 Å². The highest BCUT2D eigenvalue weighted by Gasteiger charge is 2.32. The van der Waals surface area contributed by atoms with Gasteiger partial charge in [-0.2, -0.15) is 0 Å². The van der Waals surface area contributed by atoms with E-state index in [0.29, 0.717) is 6.54 Å². The van der Waals surface area contributed by atoms with Crippen LogP contribution in [-0.4, -0.2) is 36.5 Å². The summed E-state index contributed by atoms with van der Waals surface area (Å²) in [4.78, 5) is 16.3. The van der Waals surface area contributed by atoms with Crippen LogP contribution in [0.4, 0.5) is 0 Å². The van der Waals surface area contributed by atoms with Crippen LogP contribution in [0, 0.1) is 0 Å². The van der Waals surface area contributed by atoms with Gasteiger partial charge in [-0.05, 0) is 61.9 Å². The van der Waals surface area contributed by atoms with Gasteiger partial charge in [-0.15, -0.1) is 11.3 Å². The Morgan fingerprint density at radius 1 is 1.28 bits per heavy atom. The number of methoxy groups -OCH3 is 1. The molecule has 4 nitrogen and oxygen atoms in total. The third-order valence-corrected chi connectivity index (χ3v) is 5.48. The highest BCUT2D eigenvalue weighted by Crippen LogP contribution is 2.38. The average Bonchev–Trinajstić information content (AvgIpc) is 3.07. The van der Waals surface area contributed by atoms with Crippen LogP contribution in [0.2, 0.25) is 0 Å². The van der Waals surface area contributed by atoms with Crippen molar-refractivity contribution in [3.05, 3.63) is 51.7 Å². The number of carbonyl (C=O) groups is 1. The predicted molar refractivity (Wildman–Crippen MR) is 102 cm³/mol. The molecule has 2 aromatic rings. The van der Waals surface area contributed by atoms with E-state index in [1.165, 1.54) is 10.4 Å². The van der Waals surface area contributed by atoms with E-state index in [1.54, 1.807) is 18.4 Å². The van der Waals surface area contributed by atoms with Crippen molar-refractivity contribution in [3.63, 3.8) is 0 Å². The Morgan fingerprint density at radius 3 is 2.64 bits per heavy atom. The molecule has 3 rings (SSSR count). The molecule has 1 aliphatic heterocycles. The minimum atomic E-state index is -0.0748. The van der Waals surface area contributed by atoms with Crippen LogP contribution in [0.25, 0.3) is 0 Å². The summed E-state index contributed by atoms with van der Waals surface area (Å²) >= 11 is 1.78. The number of hydrogen-bond acceptors (Lipinski definition) is 4. The first-order valence-corrected chi connectivity index (χ1v) is 9.52. The summed E-state index contributed by atoms with van der Waals surface area (Å²) in [6, 6.07) is 10.2. The number of rotatable bonds is 4. The number of ether oxygens (including phenoxy) is 1. The lowest BCUT2D eigenvalue weighted by Gasteiger charge is -2.37. The molecule has 0 saturated heterocycles. The molecule has 0 aliphatic carbocycles. The topological polar surface area (TPSA) is 41.6 Å². The smallest absolute Gasteiger partial charge is 0.237 e. The number of benzene rings is 1. The van der Waals surface area contributed by atoms with E-state index in [-0.39, 0.29) is 17.5 Å². The minimum Gasteiger partial charge on any atom is -0.497 e. The molecule has 1 aromatic heterocycles. The van der Waals surface area contributed by atoms with Crippen LogP contribution < -0.4 is 10.1 Å². The van der Waals surface area contributed by atoms with E-state index in [0.717, 1.165) is 24.3 Å². The highest BCUT2D eigenvalue weighted by atomic mass is 32.1. The first-order valence-electron chi connectivity index (χ1n) is 8.64. The molecular formula is C20H26N2O2S. The van der Waals surface area contributed by atoms with Gasteiger partial charge in [0.05, 0.1) is 19.7 Å². The number of thiophene rings is 1. The molecule has 0 radical (unpaired) electrons. The zero-order valence-electron chi connectivity index (χ0n) is 15.3. The van der Waals surface area contributed by atoms with E-state index in [9.17, 15) is 4.79 Å². The molecule has 1 atom stereocenters. The van der Waals surface area contributed by atoms with Gasteiger partial charge in [0.2, 0.25) is 5.91 Å². The Hall–Kier alpha value is -1.85. The molecule has 134 valence electrons. The second kappa shape index (κ2) is 7.18. The second-order valence-electron chi connectivity index (χ2n) is 7.42. The van der Waals surface area contributed by atoms with Crippen molar-refractivity contribution in [3.8, 4) is 5.75 Å². The molecule has 25 heavy (non-hydrogen) atoms. The summed E-state index contributed by atoms with van der Waals surface area (Å²) in [5.41, 5.74) is 2.31. The molecular weight excluding hydrogens is 332 g/mol. The van der Waals surface area contributed by atoms with Gasteiger partial charge in [-0.25, -0.2) is 0 Å². The molecule has 0 bridgehead atoms. The summed E-state index contributed by atoms with van der Waals surface area (Å²) in [5.74, 6) is 0.977. The maximum absolute atomic E-state index is 12.9. The van der Waals surface area contributed by atoms with Crippen molar-refractivity contribution in [2.75, 3.05) is 20.2 Å². The number of nitrogens with one attached hydrogen (secondary N) is 1. The van der Waals surface area contributed by atoms with Crippen molar-refractivity contribution < 1.29 is 9.53 Å². The lowest BCUT2D eigenvalue weighted by Crippen LogP contribution is -2.48. The van der Waals surface area contributed by atoms with Crippen LogP contribution >= 0.6 is 11.3 Å². The van der Waals surface area contributed by atoms with Gasteiger partial charge >= 0.3 is 0 Å². The van der Waals surface area contributed by atoms with Gasteiger partial charge in [-0.3, -0.25) is 4.79 Å². The zero-order valence-corrected chi connectivity index (χ0v) is 16.2. The average molecular weight is 359 g/mol. The fraction of sp³-hybridized carbons (Fsp3) is 0.450. The number of nitrogens with zero attached hydrogens (tertiary/aromatic N) is 1. The maximum Gasteiger partial charge on any atom is 0.237 e. The van der Waals surface area contributed by atoms with Crippen LogP contribution in [-0.2, 0) is 11.2 Å². The first kappa shape index (κ1) is 18.0. The van der Waals surface area contributed by atoms with Gasteiger partial charge in [-0.1, -0.05) is 12.1 Å². The van der Waals surface area contributed by atoms with Gasteiger partial charge in [0, 0.05) is 17.0 Å². The standard InChI is InChI=1S/C20H26N2O2S/c1-20(2,3)21-13-18(23)22-11-9-17-16(10-12-25-17)19(22)14-5-7-15(24-4)8-6-14/h5-8,10,12,19,21H,9,11,13H2,1-4H3. The summed E-state index contributed by atoms with van der Waals surface area (Å²) < 4.78 is 5.27. The van der Waals surface area contributed by atoms with Crippen LogP contribution in [0.3, 0.4) is 0 Å². The van der Waals surface area contributed by atoms with Gasteiger partial charge in [0.15, 0.2) is 0 Å². The Bertz CT molecular complexity index is 731. The molecule has 1 aliphatic rings. The Kier molecular flexibility index (Phi) is 5.16. The largest absolute Gasteiger partial charge is 0.497 e. The molecule has 1 N–H and O–H groups in total. The lowest BCUT2D eigenvalue weighted by atomic mass is 9.93. The van der Waals surface area contributed by atoms with Crippen molar-refractivity contribution in [1.29, 1.82) is 0 Å². The Balaban J connectivity index is 1.89. The van der Waals surface area contributed by atoms with Crippen molar-refractivity contribution >= 4 is 17.2 Å². The normalized spacial score (nSPS) is 17.3. The van der Waals surface area contributed by atoms with E-state index in [1.807, 2.05) is 17.0 Å². The third-order valence-electron chi connectivity index (χ3n) is 4.49. The fourth-order valence-electron chi connectivity index (χ4n) is 3.17. The van der Waals surface area contributed by atoms with E-state index >= 15 is 0 Å². The van der Waals surface area contributed by atoms with Crippen molar-refractivity contribution in [1.82, 2.24) is 10.2 Å². The predicted octanol–water partition coefficient (Wildman–Crippen LogP) is 3.62. The molecule has 0 saturated carbocycles. The molecule has 1 aromatic carbocycles. The molecule has 0 fully saturated rings. The summed E-state index contributed by atoms with van der Waals surface area (Å²) in [6.45, 7) is 7.35. The van der Waals surface area contributed by atoms with E-state index in [4.69, 9.17) is 4.74 Å². The maximum atomic E-state index is 12.9. The molecule has 2 heterocycles. The molecule has 5 heteroatoms. The monoisotopic (exact) mass is 358 g/mol. The third kappa shape index (κ3) is 4.05. The van der Waals surface area contributed by atoms with Crippen LogP contribution in [0.15, 0.2) is 35.7 Å². The number of carbonyl (C=O) groups excluding carboxylic acids is 1. The summed E-state index contributed by atoms with van der Waals surface area (Å²) in [6.07, 6.45) is 0.931. The summed E-state index contributed by atoms with van der Waals surface area (Å²) in [7, 11) is 1.67. The molecule has 1 unspecified atom stereocenters. The van der Waals surface area contributed by atoms with E-state index < -0.39 is 0 Å². The Morgan fingerprint density at radius 2 is 2.00 bits per heavy atom. The van der Waals surface area contributed by atoms with Crippen LogP contribution in [0.5, 0.6) is 5.75 Å². The summed E-state index contributed by atoms with van der Waals surface area (Å²) in [5, 5.41) is 5.45. The quantitative estimate of drug-likeness (QED) is 0.908. The minimum absolute atomic E-state index is 0.0184. The van der Waals surface area contributed by atoms with Gasteiger partial charge in [0.25, 0.3) is 0 Å². The number of hydrogen-bond donors (Lipinski definition) is 1. The molecule has 1 amide bonds. The van der Waals surface area contributed by atoms with Crippen molar-refractivity contribution in [2.24, 2.45) is 0 Å². The fourth-order valence-corrected chi connectivity index (χ4v) is 4.08.